The van der Waals surface area contributed by atoms with E-state index in [1.54, 1.807) is 24.4 Å². The summed E-state index contributed by atoms with van der Waals surface area (Å²) < 4.78 is 6.38. The molecule has 0 aliphatic carbocycles. The van der Waals surface area contributed by atoms with E-state index < -0.39 is 36.2 Å². The average molecular weight is 666 g/mol. The fourth-order valence-electron chi connectivity index (χ4n) is 6.37. The van der Waals surface area contributed by atoms with Gasteiger partial charge in [-0.25, -0.2) is 0 Å². The van der Waals surface area contributed by atoms with E-state index in [1.807, 2.05) is 106 Å². The molecule has 0 radical (unpaired) electrons. The summed E-state index contributed by atoms with van der Waals surface area (Å²) in [6.07, 6.45) is 4.42. The van der Waals surface area contributed by atoms with Crippen molar-refractivity contribution in [2.45, 2.75) is 69.8 Å². The lowest BCUT2D eigenvalue weighted by Gasteiger charge is -2.34. The van der Waals surface area contributed by atoms with Crippen LogP contribution in [0.15, 0.2) is 91.1 Å². The van der Waals surface area contributed by atoms with Gasteiger partial charge in [-0.3, -0.25) is 24.1 Å². The molecule has 3 aliphatic heterocycles. The van der Waals surface area contributed by atoms with Crippen molar-refractivity contribution in [2.75, 3.05) is 20.6 Å². The predicted octanol–water partition coefficient (Wildman–Crippen LogP) is 3.57. The molecule has 2 bridgehead atoms. The Kier molecular flexibility index (Phi) is 11.9. The quantitative estimate of drug-likeness (QED) is 0.305. The highest BCUT2D eigenvalue weighted by molar-refractivity contribution is 5.96. The van der Waals surface area contributed by atoms with Crippen LogP contribution in [0.4, 0.5) is 0 Å². The first kappa shape index (κ1) is 35.3. The maximum absolute atomic E-state index is 14.5. The average Bonchev–Trinajstić information content (AvgIpc) is 3.53. The van der Waals surface area contributed by atoms with Gasteiger partial charge in [0.05, 0.1) is 6.04 Å². The van der Waals surface area contributed by atoms with Crippen molar-refractivity contribution in [3.8, 4) is 5.75 Å². The van der Waals surface area contributed by atoms with Crippen LogP contribution in [0.3, 0.4) is 0 Å². The third-order valence-corrected chi connectivity index (χ3v) is 9.45. The molecule has 3 aromatic carbocycles. The fraction of sp³-hybridized carbons (Fsp3) is 0.385. The SMILES string of the molecule is CC[C@H](C)[C@H](NC(=O)[C@H](Cc1ccccc1)N(C)C)C(=O)N1CC[C@@H]2Oc3ccc(cc3)/C=C/NC(=O)[C@H](Cc3ccccc3)NC(=O)[C@H]21. The number of rotatable bonds is 10. The molecular weight excluding hydrogens is 618 g/mol. The lowest BCUT2D eigenvalue weighted by atomic mass is 9.96. The van der Waals surface area contributed by atoms with Crippen LogP contribution in [0.5, 0.6) is 5.75 Å². The number of nitrogens with one attached hydrogen (secondary N) is 3. The minimum Gasteiger partial charge on any atom is -0.488 e. The number of hydrogen-bond donors (Lipinski definition) is 3. The van der Waals surface area contributed by atoms with Crippen molar-refractivity contribution in [3.63, 3.8) is 0 Å². The summed E-state index contributed by atoms with van der Waals surface area (Å²) in [5.74, 6) is -1.13. The number of carbonyl (C=O) groups is 4. The first-order valence-electron chi connectivity index (χ1n) is 17.0. The van der Waals surface area contributed by atoms with Gasteiger partial charge in [0.2, 0.25) is 23.6 Å². The van der Waals surface area contributed by atoms with E-state index in [9.17, 15) is 19.2 Å². The summed E-state index contributed by atoms with van der Waals surface area (Å²) in [5, 5.41) is 8.83. The van der Waals surface area contributed by atoms with Crippen molar-refractivity contribution in [3.05, 3.63) is 108 Å². The Morgan fingerprint density at radius 1 is 0.939 bits per heavy atom. The van der Waals surface area contributed by atoms with Gasteiger partial charge in [-0.2, -0.15) is 0 Å². The number of amides is 4. The minimum atomic E-state index is -1.03. The van der Waals surface area contributed by atoms with Gasteiger partial charge in [0.1, 0.15) is 30.0 Å². The Balaban J connectivity index is 1.44. The van der Waals surface area contributed by atoms with E-state index in [4.69, 9.17) is 4.74 Å². The van der Waals surface area contributed by atoms with E-state index >= 15 is 0 Å². The second-order valence-electron chi connectivity index (χ2n) is 13.1. The van der Waals surface area contributed by atoms with Crippen LogP contribution in [-0.4, -0.2) is 84.3 Å². The van der Waals surface area contributed by atoms with Gasteiger partial charge in [0, 0.05) is 25.6 Å². The van der Waals surface area contributed by atoms with Crippen molar-refractivity contribution in [1.29, 1.82) is 0 Å². The number of nitrogens with zero attached hydrogens (tertiary/aromatic N) is 2. The van der Waals surface area contributed by atoms with E-state index in [1.165, 1.54) is 4.90 Å². The molecule has 258 valence electrons. The molecule has 49 heavy (non-hydrogen) atoms. The summed E-state index contributed by atoms with van der Waals surface area (Å²) in [6.45, 7) is 4.15. The number of fused-ring (bicyclic) bond motifs is 7. The van der Waals surface area contributed by atoms with E-state index in [2.05, 4.69) is 16.0 Å². The number of carbonyl (C=O) groups excluding carboxylic acids is 4. The first-order valence-corrected chi connectivity index (χ1v) is 17.0. The Morgan fingerprint density at radius 2 is 1.59 bits per heavy atom. The van der Waals surface area contributed by atoms with Crippen LogP contribution < -0.4 is 20.7 Å². The summed E-state index contributed by atoms with van der Waals surface area (Å²) in [5.41, 5.74) is 2.75. The van der Waals surface area contributed by atoms with Gasteiger partial charge >= 0.3 is 0 Å². The van der Waals surface area contributed by atoms with Crippen LogP contribution in [0.1, 0.15) is 43.4 Å². The number of ether oxygens (including phenoxy) is 1. The summed E-state index contributed by atoms with van der Waals surface area (Å²) in [4.78, 5) is 59.5. The van der Waals surface area contributed by atoms with Gasteiger partial charge in [0.25, 0.3) is 0 Å². The third kappa shape index (κ3) is 8.94. The molecule has 3 aromatic rings. The molecule has 1 fully saturated rings. The first-order chi connectivity index (χ1) is 23.6. The Hall–Kier alpha value is -4.96. The monoisotopic (exact) mass is 665 g/mol. The number of likely N-dealkylation sites (tertiary alicyclic amines) is 1. The van der Waals surface area contributed by atoms with Crippen LogP contribution >= 0.6 is 0 Å². The minimum absolute atomic E-state index is 0.214. The summed E-state index contributed by atoms with van der Waals surface area (Å²) >= 11 is 0. The molecule has 1 saturated heterocycles. The standard InChI is InChI=1S/C39H47N5O5/c1-5-26(2)34(42-37(46)32(43(3)4)25-29-14-10-7-11-15-29)39(48)44-23-21-33-35(44)38(47)41-31(24-28-12-8-6-9-13-28)36(45)40-22-20-27-16-18-30(49-33)19-17-27/h6-20,22,26,31-35H,5,21,23-25H2,1-4H3,(H,40,45)(H,41,47)(H,42,46)/b22-20+/t26-,31-,32-,33-,34-,35-/m0/s1. The maximum Gasteiger partial charge on any atom is 0.247 e. The number of likely N-dealkylation sites (N-methyl/N-ethyl adjacent to an activating group) is 1. The molecule has 10 heteroatoms. The van der Waals surface area contributed by atoms with E-state index in [-0.39, 0.29) is 36.6 Å². The van der Waals surface area contributed by atoms with Crippen LogP contribution in [0.25, 0.3) is 6.08 Å². The molecular formula is C39H47N5O5. The second kappa shape index (κ2) is 16.4. The fourth-order valence-corrected chi connectivity index (χ4v) is 6.37. The van der Waals surface area contributed by atoms with Gasteiger partial charge in [-0.05, 0) is 61.3 Å². The van der Waals surface area contributed by atoms with Crippen molar-refractivity contribution in [2.24, 2.45) is 5.92 Å². The van der Waals surface area contributed by atoms with Crippen molar-refractivity contribution >= 4 is 29.7 Å². The normalized spacial score (nSPS) is 21.7. The topological polar surface area (TPSA) is 120 Å². The Bertz CT molecular complexity index is 1610. The molecule has 3 N–H and O–H groups in total. The van der Waals surface area contributed by atoms with E-state index in [0.29, 0.717) is 25.0 Å². The number of benzene rings is 3. The second-order valence-corrected chi connectivity index (χ2v) is 13.1. The molecule has 0 saturated carbocycles. The Labute approximate surface area is 288 Å². The highest BCUT2D eigenvalue weighted by Gasteiger charge is 2.47. The van der Waals surface area contributed by atoms with Gasteiger partial charge in [-0.15, -0.1) is 0 Å². The zero-order valence-electron chi connectivity index (χ0n) is 28.7. The molecule has 10 nitrogen and oxygen atoms in total. The number of hydrogen-bond acceptors (Lipinski definition) is 6. The van der Waals surface area contributed by atoms with Gasteiger partial charge in [0.15, 0.2) is 0 Å². The van der Waals surface area contributed by atoms with Crippen LogP contribution in [0.2, 0.25) is 0 Å². The van der Waals surface area contributed by atoms with Crippen LogP contribution in [-0.2, 0) is 32.0 Å². The van der Waals surface area contributed by atoms with Gasteiger partial charge in [-0.1, -0.05) is 93.1 Å². The molecule has 0 unspecified atom stereocenters. The molecule has 0 spiro atoms. The van der Waals surface area contributed by atoms with E-state index in [0.717, 1.165) is 16.7 Å². The lowest BCUT2D eigenvalue weighted by molar-refractivity contribution is -0.145. The molecule has 6 atom stereocenters. The highest BCUT2D eigenvalue weighted by atomic mass is 16.5. The highest BCUT2D eigenvalue weighted by Crippen LogP contribution is 2.27. The smallest absolute Gasteiger partial charge is 0.247 e. The Morgan fingerprint density at radius 3 is 2.22 bits per heavy atom. The predicted molar refractivity (Wildman–Crippen MR) is 189 cm³/mol. The van der Waals surface area contributed by atoms with Gasteiger partial charge < -0.3 is 25.6 Å². The van der Waals surface area contributed by atoms with Crippen LogP contribution in [0, 0.1) is 5.92 Å². The lowest BCUT2D eigenvalue weighted by Crippen LogP contribution is -2.61. The molecule has 4 amide bonds. The third-order valence-electron chi connectivity index (χ3n) is 9.45. The maximum atomic E-state index is 14.5. The largest absolute Gasteiger partial charge is 0.488 e. The molecule has 3 heterocycles. The zero-order valence-corrected chi connectivity index (χ0v) is 28.7. The summed E-state index contributed by atoms with van der Waals surface area (Å²) in [6, 6.07) is 23.2. The molecule has 3 aliphatic rings. The zero-order chi connectivity index (χ0) is 34.9. The molecule has 0 aromatic heterocycles. The molecule has 6 rings (SSSR count). The van der Waals surface area contributed by atoms with Crippen molar-refractivity contribution < 1.29 is 23.9 Å². The van der Waals surface area contributed by atoms with Crippen molar-refractivity contribution in [1.82, 2.24) is 25.8 Å². The summed E-state index contributed by atoms with van der Waals surface area (Å²) in [7, 11) is 3.69.